The van der Waals surface area contributed by atoms with E-state index in [0.717, 1.165) is 36.6 Å². The average Bonchev–Trinajstić information content (AvgIpc) is 3.36. The highest BCUT2D eigenvalue weighted by atomic mass is 32.1. The Morgan fingerprint density at radius 3 is 2.42 bits per heavy atom. The third-order valence-corrected chi connectivity index (χ3v) is 8.34. The van der Waals surface area contributed by atoms with Crippen LogP contribution in [0.5, 0.6) is 0 Å². The Morgan fingerprint density at radius 1 is 0.968 bits per heavy atom. The third-order valence-electron chi connectivity index (χ3n) is 7.40. The molecule has 1 aromatic carbocycles. The predicted molar refractivity (Wildman–Crippen MR) is 123 cm³/mol. The summed E-state index contributed by atoms with van der Waals surface area (Å²) in [4.78, 5) is 34.5. The molecule has 2 fully saturated rings. The molecule has 2 unspecified atom stereocenters. The molecule has 2 aromatic rings. The van der Waals surface area contributed by atoms with Gasteiger partial charge in [-0.1, -0.05) is 43.5 Å². The predicted octanol–water partition coefficient (Wildman–Crippen LogP) is 4.14. The van der Waals surface area contributed by atoms with E-state index in [-0.39, 0.29) is 23.8 Å². The van der Waals surface area contributed by atoms with Gasteiger partial charge in [0.1, 0.15) is 0 Å². The number of amides is 2. The van der Waals surface area contributed by atoms with E-state index in [0.29, 0.717) is 11.6 Å². The van der Waals surface area contributed by atoms with Gasteiger partial charge in [0.25, 0.3) is 5.91 Å². The molecule has 164 valence electrons. The van der Waals surface area contributed by atoms with E-state index >= 15 is 0 Å². The second-order valence-electron chi connectivity index (χ2n) is 9.09. The molecule has 1 saturated heterocycles. The molecular weight excluding hydrogens is 406 g/mol. The van der Waals surface area contributed by atoms with Gasteiger partial charge in [0.15, 0.2) is 0 Å². The Morgan fingerprint density at radius 2 is 1.71 bits per heavy atom. The fourth-order valence-electron chi connectivity index (χ4n) is 5.71. The van der Waals surface area contributed by atoms with Gasteiger partial charge in [-0.2, -0.15) is 0 Å². The van der Waals surface area contributed by atoms with Gasteiger partial charge in [0.2, 0.25) is 5.91 Å². The van der Waals surface area contributed by atoms with Crippen LogP contribution in [0.3, 0.4) is 0 Å². The molecule has 0 spiro atoms. The summed E-state index contributed by atoms with van der Waals surface area (Å²) in [6, 6.07) is 12.2. The van der Waals surface area contributed by atoms with Crippen molar-refractivity contribution in [3.8, 4) is 0 Å². The second-order valence-corrected chi connectivity index (χ2v) is 10.1. The summed E-state index contributed by atoms with van der Waals surface area (Å²) in [6.07, 6.45) is 6.65. The van der Waals surface area contributed by atoms with Crippen LogP contribution in [-0.4, -0.2) is 65.8 Å². The highest BCUT2D eigenvalue weighted by molar-refractivity contribution is 7.10. The van der Waals surface area contributed by atoms with Gasteiger partial charge in [-0.15, -0.1) is 11.3 Å². The highest BCUT2D eigenvalue weighted by Gasteiger charge is 2.45. The van der Waals surface area contributed by atoms with E-state index in [1.54, 1.807) is 16.2 Å². The molecule has 2 aliphatic heterocycles. The summed E-state index contributed by atoms with van der Waals surface area (Å²) in [5.74, 6) is -0.188. The van der Waals surface area contributed by atoms with Gasteiger partial charge in [-0.25, -0.2) is 0 Å². The van der Waals surface area contributed by atoms with Crippen LogP contribution in [0.15, 0.2) is 41.8 Å². The van der Waals surface area contributed by atoms with Crippen molar-refractivity contribution in [3.05, 3.63) is 57.8 Å². The molecule has 6 heteroatoms. The first-order valence-electron chi connectivity index (χ1n) is 11.6. The third kappa shape index (κ3) is 3.80. The summed E-state index contributed by atoms with van der Waals surface area (Å²) in [5.41, 5.74) is 1.54. The van der Waals surface area contributed by atoms with Crippen molar-refractivity contribution in [2.45, 2.75) is 50.1 Å². The molecule has 5 nitrogen and oxygen atoms in total. The van der Waals surface area contributed by atoms with Crippen LogP contribution in [0.25, 0.3) is 0 Å². The first kappa shape index (κ1) is 20.7. The standard InChI is InChI=1S/C25H31N3O2S/c1-26-23(21-12-7-17-31-21)22(19-10-5-6-11-20(19)24(26)29)25(30)28-15-13-27(14-16-28)18-8-3-2-4-9-18/h5-7,10-12,17-18,22-23H,2-4,8-9,13-16H2,1H3. The van der Waals surface area contributed by atoms with Crippen molar-refractivity contribution < 1.29 is 9.59 Å². The second kappa shape index (κ2) is 8.75. The van der Waals surface area contributed by atoms with Crippen LogP contribution in [0.2, 0.25) is 0 Å². The SMILES string of the molecule is CN1C(=O)c2ccccc2C(C(=O)N2CCN(C3CCCCC3)CC2)C1c1cccs1. The van der Waals surface area contributed by atoms with Crippen LogP contribution in [0.4, 0.5) is 0 Å². The first-order valence-corrected chi connectivity index (χ1v) is 12.5. The summed E-state index contributed by atoms with van der Waals surface area (Å²) in [7, 11) is 1.84. The molecule has 5 rings (SSSR count). The van der Waals surface area contributed by atoms with Crippen LogP contribution in [0, 0.1) is 0 Å². The summed E-state index contributed by atoms with van der Waals surface area (Å²) in [5, 5.41) is 2.03. The number of rotatable bonds is 3. The Hall–Kier alpha value is -2.18. The van der Waals surface area contributed by atoms with Crippen LogP contribution < -0.4 is 0 Å². The number of fused-ring (bicyclic) bond motifs is 1. The molecule has 31 heavy (non-hydrogen) atoms. The number of benzene rings is 1. The van der Waals surface area contributed by atoms with Gasteiger partial charge in [0, 0.05) is 49.7 Å². The number of likely N-dealkylation sites (N-methyl/N-ethyl adjacent to an activating group) is 1. The van der Waals surface area contributed by atoms with Crippen molar-refractivity contribution in [1.29, 1.82) is 0 Å². The van der Waals surface area contributed by atoms with Gasteiger partial charge >= 0.3 is 0 Å². The Kier molecular flexibility index (Phi) is 5.85. The number of nitrogens with zero attached hydrogens (tertiary/aromatic N) is 3. The Balaban J connectivity index is 1.41. The zero-order chi connectivity index (χ0) is 21.4. The maximum absolute atomic E-state index is 13.9. The lowest BCUT2D eigenvalue weighted by Gasteiger charge is -2.44. The molecule has 2 atom stereocenters. The minimum absolute atomic E-state index is 0.000155. The van der Waals surface area contributed by atoms with E-state index in [9.17, 15) is 9.59 Å². The summed E-state index contributed by atoms with van der Waals surface area (Å²) < 4.78 is 0. The van der Waals surface area contributed by atoms with E-state index in [2.05, 4.69) is 4.90 Å². The minimum Gasteiger partial charge on any atom is -0.340 e. The van der Waals surface area contributed by atoms with Gasteiger partial charge < -0.3 is 9.80 Å². The lowest BCUT2D eigenvalue weighted by atomic mass is 9.81. The molecule has 3 aliphatic rings. The number of hydrogen-bond donors (Lipinski definition) is 0. The molecule has 0 N–H and O–H groups in total. The van der Waals surface area contributed by atoms with Crippen molar-refractivity contribution in [2.24, 2.45) is 0 Å². The lowest BCUT2D eigenvalue weighted by molar-refractivity contribution is -0.136. The van der Waals surface area contributed by atoms with Crippen molar-refractivity contribution in [2.75, 3.05) is 33.2 Å². The Labute approximate surface area is 188 Å². The van der Waals surface area contributed by atoms with E-state index in [1.807, 2.05) is 53.7 Å². The van der Waals surface area contributed by atoms with Gasteiger partial charge in [-0.05, 0) is 35.9 Å². The largest absolute Gasteiger partial charge is 0.340 e. The molecule has 1 aliphatic carbocycles. The van der Waals surface area contributed by atoms with Crippen molar-refractivity contribution in [3.63, 3.8) is 0 Å². The van der Waals surface area contributed by atoms with E-state index in [4.69, 9.17) is 0 Å². The number of carbonyl (C=O) groups is 2. The number of thiophene rings is 1. The van der Waals surface area contributed by atoms with Crippen LogP contribution in [-0.2, 0) is 4.79 Å². The highest BCUT2D eigenvalue weighted by Crippen LogP contribution is 2.44. The van der Waals surface area contributed by atoms with Gasteiger partial charge in [0.05, 0.1) is 12.0 Å². The fraction of sp³-hybridized carbons (Fsp3) is 0.520. The van der Waals surface area contributed by atoms with Gasteiger partial charge in [-0.3, -0.25) is 14.5 Å². The zero-order valence-corrected chi connectivity index (χ0v) is 19.0. The average molecular weight is 438 g/mol. The van der Waals surface area contributed by atoms with E-state index < -0.39 is 0 Å². The first-order chi connectivity index (χ1) is 15.1. The fourth-order valence-corrected chi connectivity index (χ4v) is 6.61. The summed E-state index contributed by atoms with van der Waals surface area (Å²) in [6.45, 7) is 3.48. The van der Waals surface area contributed by atoms with Crippen LogP contribution in [0.1, 0.15) is 64.9 Å². The molecule has 0 radical (unpaired) electrons. The maximum Gasteiger partial charge on any atom is 0.254 e. The molecule has 2 amide bonds. The molecular formula is C25H31N3O2S. The van der Waals surface area contributed by atoms with Crippen LogP contribution >= 0.6 is 11.3 Å². The number of carbonyl (C=O) groups excluding carboxylic acids is 2. The molecule has 1 saturated carbocycles. The summed E-state index contributed by atoms with van der Waals surface area (Å²) >= 11 is 1.62. The Bertz CT molecular complexity index is 930. The maximum atomic E-state index is 13.9. The molecule has 3 heterocycles. The number of hydrogen-bond acceptors (Lipinski definition) is 4. The van der Waals surface area contributed by atoms with Crippen molar-refractivity contribution in [1.82, 2.24) is 14.7 Å². The monoisotopic (exact) mass is 437 g/mol. The van der Waals surface area contributed by atoms with E-state index in [1.165, 1.54) is 32.1 Å². The normalized spacial score (nSPS) is 25.5. The zero-order valence-electron chi connectivity index (χ0n) is 18.2. The smallest absolute Gasteiger partial charge is 0.254 e. The quantitative estimate of drug-likeness (QED) is 0.725. The topological polar surface area (TPSA) is 43.9 Å². The van der Waals surface area contributed by atoms with Crippen molar-refractivity contribution >= 4 is 23.2 Å². The minimum atomic E-state index is -0.348. The lowest BCUT2D eigenvalue weighted by Crippen LogP contribution is -2.55. The molecule has 1 aromatic heterocycles. The molecule has 0 bridgehead atoms. The number of piperazine rings is 1.